The minimum Gasteiger partial charge on any atom is -0.337 e. The normalized spacial score (nSPS) is 31.7. The maximum Gasteiger partial charge on any atom is 0.394 e. The number of hydrogen-bond acceptors (Lipinski definition) is 2. The highest BCUT2D eigenvalue weighted by Gasteiger charge is 2.56. The van der Waals surface area contributed by atoms with E-state index in [0.717, 1.165) is 25.7 Å². The summed E-state index contributed by atoms with van der Waals surface area (Å²) in [5.41, 5.74) is 4.88. The predicted octanol–water partition coefficient (Wildman–Crippen LogP) is 3.51. The van der Waals surface area contributed by atoms with Crippen LogP contribution in [-0.2, 0) is 4.79 Å². The molecule has 3 unspecified atom stereocenters. The Bertz CT molecular complexity index is 401. The highest BCUT2D eigenvalue weighted by atomic mass is 35.5. The Labute approximate surface area is 136 Å². The lowest BCUT2D eigenvalue weighted by molar-refractivity contribution is -0.192. The first kappa shape index (κ1) is 19.6. The van der Waals surface area contributed by atoms with Gasteiger partial charge in [0.05, 0.1) is 5.92 Å². The smallest absolute Gasteiger partial charge is 0.337 e. The molecule has 0 radical (unpaired) electrons. The lowest BCUT2D eigenvalue weighted by atomic mass is 9.82. The minimum atomic E-state index is -4.25. The second-order valence-corrected chi connectivity index (χ2v) is 6.99. The van der Waals surface area contributed by atoms with E-state index in [-0.39, 0.29) is 49.7 Å². The third-order valence-corrected chi connectivity index (χ3v) is 5.29. The van der Waals surface area contributed by atoms with E-state index in [1.807, 2.05) is 0 Å². The van der Waals surface area contributed by atoms with Gasteiger partial charge in [-0.3, -0.25) is 4.79 Å². The number of carbonyl (C=O) groups is 1. The summed E-state index contributed by atoms with van der Waals surface area (Å²) >= 11 is 0. The summed E-state index contributed by atoms with van der Waals surface area (Å²) in [6.45, 7) is 3.24. The summed E-state index contributed by atoms with van der Waals surface area (Å²) in [4.78, 5) is 13.9. The Balaban J connectivity index is 0.00000242. The van der Waals surface area contributed by atoms with E-state index in [1.165, 1.54) is 18.7 Å². The molecule has 1 heterocycles. The Morgan fingerprint density at radius 2 is 1.82 bits per heavy atom. The molecule has 2 rings (SSSR count). The van der Waals surface area contributed by atoms with Crippen molar-refractivity contribution in [3.8, 4) is 0 Å². The number of alkyl halides is 3. The summed E-state index contributed by atoms with van der Waals surface area (Å²) < 4.78 is 39.2. The van der Waals surface area contributed by atoms with Gasteiger partial charge in [0.15, 0.2) is 0 Å². The second kappa shape index (κ2) is 6.95. The van der Waals surface area contributed by atoms with Crippen molar-refractivity contribution in [3.05, 3.63) is 0 Å². The van der Waals surface area contributed by atoms with Crippen LogP contribution in [0.5, 0.6) is 0 Å². The first-order valence-corrected chi connectivity index (χ1v) is 7.77. The summed E-state index contributed by atoms with van der Waals surface area (Å²) in [6.07, 6.45) is -0.0122. The molecule has 3 atom stereocenters. The van der Waals surface area contributed by atoms with Crippen LogP contribution in [0.2, 0.25) is 0 Å². The van der Waals surface area contributed by atoms with Crippen LogP contribution < -0.4 is 5.73 Å². The molecule has 0 aromatic carbocycles. The van der Waals surface area contributed by atoms with Crippen LogP contribution in [0.3, 0.4) is 0 Å². The maximum atomic E-state index is 13.1. The molecule has 2 fully saturated rings. The van der Waals surface area contributed by atoms with Gasteiger partial charge in [-0.15, -0.1) is 12.4 Å². The van der Waals surface area contributed by atoms with Gasteiger partial charge in [0.1, 0.15) is 0 Å². The van der Waals surface area contributed by atoms with Gasteiger partial charge >= 0.3 is 6.18 Å². The van der Waals surface area contributed by atoms with Crippen LogP contribution in [0.15, 0.2) is 0 Å². The monoisotopic (exact) mass is 342 g/mol. The molecular formula is C15H26ClF3N2O. The van der Waals surface area contributed by atoms with E-state index < -0.39 is 17.6 Å². The van der Waals surface area contributed by atoms with Gasteiger partial charge in [0.2, 0.25) is 5.91 Å². The molecule has 1 aliphatic heterocycles. The third-order valence-electron chi connectivity index (χ3n) is 5.29. The number of halogens is 4. The van der Waals surface area contributed by atoms with Crippen molar-refractivity contribution < 1.29 is 18.0 Å². The molecule has 2 N–H and O–H groups in total. The van der Waals surface area contributed by atoms with Gasteiger partial charge in [-0.1, -0.05) is 12.8 Å². The molecule has 1 saturated heterocycles. The number of nitrogens with zero attached hydrogens (tertiary/aromatic N) is 1. The summed E-state index contributed by atoms with van der Waals surface area (Å²) in [6, 6.07) is 0.00632. The van der Waals surface area contributed by atoms with Crippen molar-refractivity contribution in [2.24, 2.45) is 17.6 Å². The molecule has 1 amide bonds. The predicted molar refractivity (Wildman–Crippen MR) is 81.8 cm³/mol. The van der Waals surface area contributed by atoms with Crippen molar-refractivity contribution in [2.75, 3.05) is 6.54 Å². The molecule has 3 nitrogen and oxygen atoms in total. The Kier molecular flexibility index (Phi) is 6.18. The molecule has 0 bridgehead atoms. The average Bonchev–Trinajstić information content (AvgIpc) is 2.67. The number of carbonyl (C=O) groups excluding carboxylic acids is 1. The van der Waals surface area contributed by atoms with E-state index >= 15 is 0 Å². The first-order valence-electron chi connectivity index (χ1n) is 7.77. The van der Waals surface area contributed by atoms with E-state index in [9.17, 15) is 18.0 Å². The number of hydrogen-bond donors (Lipinski definition) is 1. The second-order valence-electron chi connectivity index (χ2n) is 6.99. The number of likely N-dealkylation sites (tertiary alicyclic amines) is 1. The molecule has 22 heavy (non-hydrogen) atoms. The molecule has 2 aliphatic rings. The molecule has 0 spiro atoms. The van der Waals surface area contributed by atoms with E-state index in [1.54, 1.807) is 0 Å². The van der Waals surface area contributed by atoms with Crippen molar-refractivity contribution in [3.63, 3.8) is 0 Å². The van der Waals surface area contributed by atoms with Crippen LogP contribution in [-0.4, -0.2) is 35.1 Å². The molecule has 0 aromatic heterocycles. The van der Waals surface area contributed by atoms with Gasteiger partial charge in [0, 0.05) is 24.5 Å². The summed E-state index contributed by atoms with van der Waals surface area (Å²) in [5.74, 6) is -1.49. The van der Waals surface area contributed by atoms with E-state index in [2.05, 4.69) is 0 Å². The first-order chi connectivity index (χ1) is 9.64. The van der Waals surface area contributed by atoms with Crippen LogP contribution in [0, 0.1) is 11.8 Å². The molecule has 1 saturated carbocycles. The zero-order chi connectivity index (χ0) is 15.8. The van der Waals surface area contributed by atoms with Gasteiger partial charge in [0.25, 0.3) is 0 Å². The fourth-order valence-electron chi connectivity index (χ4n) is 3.92. The Morgan fingerprint density at radius 3 is 2.32 bits per heavy atom. The Morgan fingerprint density at radius 1 is 1.23 bits per heavy atom. The zero-order valence-corrected chi connectivity index (χ0v) is 14.0. The average molecular weight is 343 g/mol. The summed E-state index contributed by atoms with van der Waals surface area (Å²) in [5, 5.41) is 0. The van der Waals surface area contributed by atoms with Crippen LogP contribution in [0.4, 0.5) is 13.2 Å². The molecule has 0 aromatic rings. The van der Waals surface area contributed by atoms with Crippen molar-refractivity contribution in [1.82, 2.24) is 4.90 Å². The van der Waals surface area contributed by atoms with Gasteiger partial charge < -0.3 is 10.6 Å². The van der Waals surface area contributed by atoms with Crippen molar-refractivity contribution in [2.45, 2.75) is 70.1 Å². The largest absolute Gasteiger partial charge is 0.394 e. The van der Waals surface area contributed by atoms with E-state index in [0.29, 0.717) is 0 Å². The zero-order valence-electron chi connectivity index (χ0n) is 13.2. The van der Waals surface area contributed by atoms with Gasteiger partial charge in [-0.05, 0) is 39.0 Å². The quantitative estimate of drug-likeness (QED) is 0.834. The van der Waals surface area contributed by atoms with E-state index in [4.69, 9.17) is 5.73 Å². The number of amides is 1. The Hall–Kier alpha value is -0.490. The third kappa shape index (κ3) is 3.88. The van der Waals surface area contributed by atoms with Gasteiger partial charge in [-0.25, -0.2) is 0 Å². The van der Waals surface area contributed by atoms with Crippen LogP contribution in [0.1, 0.15) is 52.4 Å². The van der Waals surface area contributed by atoms with Crippen LogP contribution in [0.25, 0.3) is 0 Å². The summed E-state index contributed by atoms with van der Waals surface area (Å²) in [7, 11) is 0. The highest BCUT2D eigenvalue weighted by Crippen LogP contribution is 2.45. The lowest BCUT2D eigenvalue weighted by Crippen LogP contribution is -2.50. The molecular weight excluding hydrogens is 317 g/mol. The molecule has 7 heteroatoms. The van der Waals surface area contributed by atoms with Gasteiger partial charge in [-0.2, -0.15) is 13.2 Å². The van der Waals surface area contributed by atoms with Crippen molar-refractivity contribution >= 4 is 18.3 Å². The SMILES string of the molecule is CC1(C)C(C(F)(F)F)CCN1C(=O)CC1CCCCC1N.Cl. The standard InChI is InChI=1S/C15H25F3N2O.ClH/c1-14(2)12(15(16,17)18)7-8-20(14)13(21)9-10-5-3-4-6-11(10)19;/h10-12H,3-9,19H2,1-2H3;1H. The fraction of sp³-hybridized carbons (Fsp3) is 0.933. The highest BCUT2D eigenvalue weighted by molar-refractivity contribution is 5.85. The minimum absolute atomic E-state index is 0. The molecule has 130 valence electrons. The topological polar surface area (TPSA) is 46.3 Å². The number of nitrogens with two attached hydrogens (primary N) is 1. The molecule has 1 aliphatic carbocycles. The maximum absolute atomic E-state index is 13.1. The van der Waals surface area contributed by atoms with Crippen molar-refractivity contribution in [1.29, 1.82) is 0 Å². The number of rotatable bonds is 2. The van der Waals surface area contributed by atoms with Crippen LogP contribution >= 0.6 is 12.4 Å². The lowest BCUT2D eigenvalue weighted by Gasteiger charge is -2.38. The fourth-order valence-corrected chi connectivity index (χ4v) is 3.92.